The minimum atomic E-state index is 0.779. The number of hydroxylamine groups is 1. The van der Waals surface area contributed by atoms with E-state index >= 15 is 0 Å². The Morgan fingerprint density at radius 3 is 2.69 bits per heavy atom. The van der Waals surface area contributed by atoms with Crippen molar-refractivity contribution in [3.05, 3.63) is 34.9 Å². The molecule has 0 unspecified atom stereocenters. The number of hydrogen-bond acceptors (Lipinski definition) is 2. The van der Waals surface area contributed by atoms with Gasteiger partial charge in [0.2, 0.25) is 0 Å². The van der Waals surface area contributed by atoms with Gasteiger partial charge in [-0.15, -0.1) is 0 Å². The lowest BCUT2D eigenvalue weighted by Gasteiger charge is -2.08. The molecule has 1 N–H and O–H groups in total. The smallest absolute Gasteiger partial charge is 0.0572 e. The molecule has 0 atom stereocenters. The lowest BCUT2D eigenvalue weighted by molar-refractivity contribution is 0.0865. The van der Waals surface area contributed by atoms with Crippen molar-refractivity contribution in [2.45, 2.75) is 26.8 Å². The predicted molar refractivity (Wildman–Crippen MR) is 54.4 cm³/mol. The molecular formula is C11H17NO. The molecular weight excluding hydrogens is 162 g/mol. The van der Waals surface area contributed by atoms with E-state index in [1.165, 1.54) is 16.7 Å². The van der Waals surface area contributed by atoms with Gasteiger partial charge in [-0.1, -0.05) is 30.7 Å². The van der Waals surface area contributed by atoms with Gasteiger partial charge in [-0.2, -0.15) is 5.48 Å². The van der Waals surface area contributed by atoms with Gasteiger partial charge in [0.1, 0.15) is 0 Å². The van der Waals surface area contributed by atoms with E-state index in [0.717, 1.165) is 13.0 Å². The second-order valence-corrected chi connectivity index (χ2v) is 3.15. The van der Waals surface area contributed by atoms with Crippen LogP contribution < -0.4 is 5.48 Å². The Bertz CT molecular complexity index is 271. The summed E-state index contributed by atoms with van der Waals surface area (Å²) >= 11 is 0. The van der Waals surface area contributed by atoms with Gasteiger partial charge in [-0.25, -0.2) is 0 Å². The van der Waals surface area contributed by atoms with Crippen LogP contribution >= 0.6 is 0 Å². The van der Waals surface area contributed by atoms with Gasteiger partial charge in [0.15, 0.2) is 0 Å². The fourth-order valence-corrected chi connectivity index (χ4v) is 1.41. The molecule has 0 saturated carbocycles. The molecule has 2 nitrogen and oxygen atoms in total. The van der Waals surface area contributed by atoms with Gasteiger partial charge in [0.05, 0.1) is 7.11 Å². The molecule has 0 aliphatic rings. The van der Waals surface area contributed by atoms with Crippen molar-refractivity contribution < 1.29 is 4.84 Å². The van der Waals surface area contributed by atoms with Crippen LogP contribution in [-0.2, 0) is 17.8 Å². The second-order valence-electron chi connectivity index (χ2n) is 3.15. The Hall–Kier alpha value is -0.860. The zero-order chi connectivity index (χ0) is 9.68. The van der Waals surface area contributed by atoms with E-state index in [4.69, 9.17) is 4.84 Å². The summed E-state index contributed by atoms with van der Waals surface area (Å²) in [4.78, 5) is 4.84. The van der Waals surface area contributed by atoms with Gasteiger partial charge >= 0.3 is 0 Å². The van der Waals surface area contributed by atoms with Crippen LogP contribution in [0.4, 0.5) is 0 Å². The molecule has 0 bridgehead atoms. The minimum Gasteiger partial charge on any atom is -0.305 e. The topological polar surface area (TPSA) is 21.3 Å². The highest BCUT2D eigenvalue weighted by Gasteiger charge is 1.99. The van der Waals surface area contributed by atoms with Crippen LogP contribution in [0.5, 0.6) is 0 Å². The first kappa shape index (κ1) is 10.2. The molecule has 0 aliphatic heterocycles. The molecule has 0 amide bonds. The lowest BCUT2D eigenvalue weighted by Crippen LogP contribution is -2.12. The number of hydrogen-bond donors (Lipinski definition) is 1. The molecule has 1 aromatic rings. The fraction of sp³-hybridized carbons (Fsp3) is 0.455. The summed E-state index contributed by atoms with van der Waals surface area (Å²) in [5.74, 6) is 0. The van der Waals surface area contributed by atoms with Crippen molar-refractivity contribution in [2.24, 2.45) is 0 Å². The molecule has 1 aromatic carbocycles. The van der Waals surface area contributed by atoms with Crippen molar-refractivity contribution in [3.8, 4) is 0 Å². The highest BCUT2D eigenvalue weighted by molar-refractivity contribution is 5.31. The maximum Gasteiger partial charge on any atom is 0.0572 e. The Morgan fingerprint density at radius 1 is 1.31 bits per heavy atom. The van der Waals surface area contributed by atoms with Crippen molar-refractivity contribution in [1.29, 1.82) is 0 Å². The highest BCUT2D eigenvalue weighted by atomic mass is 16.6. The zero-order valence-electron chi connectivity index (χ0n) is 8.55. The molecule has 0 aliphatic carbocycles. The Labute approximate surface area is 79.9 Å². The van der Waals surface area contributed by atoms with Crippen molar-refractivity contribution in [2.75, 3.05) is 7.11 Å². The van der Waals surface area contributed by atoms with Crippen molar-refractivity contribution in [1.82, 2.24) is 5.48 Å². The number of benzene rings is 1. The largest absolute Gasteiger partial charge is 0.305 e. The van der Waals surface area contributed by atoms with Crippen molar-refractivity contribution in [3.63, 3.8) is 0 Å². The summed E-state index contributed by atoms with van der Waals surface area (Å²) in [5, 5.41) is 0. The summed E-state index contributed by atoms with van der Waals surface area (Å²) in [7, 11) is 1.64. The number of rotatable bonds is 4. The van der Waals surface area contributed by atoms with Crippen LogP contribution in [0, 0.1) is 6.92 Å². The standard InChI is InChI=1S/C11H17NO/c1-4-10-6-5-9(2)7-11(10)8-12-13-3/h5-7,12H,4,8H2,1-3H3. The molecule has 0 spiro atoms. The third-order valence-corrected chi connectivity index (χ3v) is 2.15. The first-order valence-corrected chi connectivity index (χ1v) is 4.62. The Balaban J connectivity index is 2.81. The van der Waals surface area contributed by atoms with Crippen LogP contribution in [0.2, 0.25) is 0 Å². The predicted octanol–water partition coefficient (Wildman–Crippen LogP) is 2.21. The third-order valence-electron chi connectivity index (χ3n) is 2.15. The van der Waals surface area contributed by atoms with E-state index in [0.29, 0.717) is 0 Å². The average Bonchev–Trinajstić information content (AvgIpc) is 2.15. The second kappa shape index (κ2) is 5.00. The lowest BCUT2D eigenvalue weighted by atomic mass is 10.0. The minimum absolute atomic E-state index is 0.779. The fourth-order valence-electron chi connectivity index (χ4n) is 1.41. The SMILES string of the molecule is CCc1ccc(C)cc1CNOC. The van der Waals surface area contributed by atoms with E-state index in [1.807, 2.05) is 0 Å². The van der Waals surface area contributed by atoms with E-state index in [2.05, 4.69) is 37.5 Å². The summed E-state index contributed by atoms with van der Waals surface area (Å²) in [6.45, 7) is 5.05. The molecule has 72 valence electrons. The molecule has 1 rings (SSSR count). The summed E-state index contributed by atoms with van der Waals surface area (Å²) in [6, 6.07) is 6.53. The van der Waals surface area contributed by atoms with E-state index in [1.54, 1.807) is 7.11 Å². The molecule has 0 fully saturated rings. The summed E-state index contributed by atoms with van der Waals surface area (Å²) in [5.41, 5.74) is 6.87. The van der Waals surface area contributed by atoms with Gasteiger partial charge < -0.3 is 4.84 Å². The maximum atomic E-state index is 4.84. The maximum absolute atomic E-state index is 4.84. The van der Waals surface area contributed by atoms with E-state index in [-0.39, 0.29) is 0 Å². The van der Waals surface area contributed by atoms with Crippen molar-refractivity contribution >= 4 is 0 Å². The molecule has 0 aromatic heterocycles. The molecule has 2 heteroatoms. The Morgan fingerprint density at radius 2 is 2.08 bits per heavy atom. The van der Waals surface area contributed by atoms with Gasteiger partial charge in [0.25, 0.3) is 0 Å². The van der Waals surface area contributed by atoms with Crippen LogP contribution in [0.15, 0.2) is 18.2 Å². The van der Waals surface area contributed by atoms with Gasteiger partial charge in [-0.05, 0) is 24.5 Å². The quantitative estimate of drug-likeness (QED) is 0.715. The average molecular weight is 179 g/mol. The van der Waals surface area contributed by atoms with Crippen LogP contribution in [-0.4, -0.2) is 7.11 Å². The molecule has 0 radical (unpaired) electrons. The number of nitrogens with one attached hydrogen (secondary N) is 1. The monoisotopic (exact) mass is 179 g/mol. The normalized spacial score (nSPS) is 10.4. The molecule has 0 heterocycles. The number of aryl methyl sites for hydroxylation is 2. The highest BCUT2D eigenvalue weighted by Crippen LogP contribution is 2.12. The summed E-state index contributed by atoms with van der Waals surface area (Å²) < 4.78 is 0. The van der Waals surface area contributed by atoms with Gasteiger partial charge in [-0.3, -0.25) is 0 Å². The van der Waals surface area contributed by atoms with Crippen LogP contribution in [0.1, 0.15) is 23.6 Å². The summed E-state index contributed by atoms with van der Waals surface area (Å²) in [6.07, 6.45) is 1.07. The first-order valence-electron chi connectivity index (χ1n) is 4.62. The Kier molecular flexibility index (Phi) is 3.93. The third kappa shape index (κ3) is 2.83. The van der Waals surface area contributed by atoms with E-state index < -0.39 is 0 Å². The first-order chi connectivity index (χ1) is 6.27. The molecule has 13 heavy (non-hydrogen) atoms. The van der Waals surface area contributed by atoms with Crippen LogP contribution in [0.3, 0.4) is 0 Å². The van der Waals surface area contributed by atoms with E-state index in [9.17, 15) is 0 Å². The van der Waals surface area contributed by atoms with Gasteiger partial charge in [0, 0.05) is 6.54 Å². The zero-order valence-corrected chi connectivity index (χ0v) is 8.55. The van der Waals surface area contributed by atoms with Crippen LogP contribution in [0.25, 0.3) is 0 Å². The molecule has 0 saturated heterocycles.